The maximum Gasteiger partial charge on any atom is 0.0359 e. The number of hydrogen-bond donors (Lipinski definition) is 1. The van der Waals surface area contributed by atoms with Gasteiger partial charge in [0.05, 0.1) is 0 Å². The fraction of sp³-hybridized carbons (Fsp3) is 1.00. The summed E-state index contributed by atoms with van der Waals surface area (Å²) in [7, 11) is 0. The lowest BCUT2D eigenvalue weighted by molar-refractivity contribution is 0.0696. The molecule has 1 atom stereocenters. The highest BCUT2D eigenvalue weighted by molar-refractivity contribution is 5.01. The van der Waals surface area contributed by atoms with E-state index in [1.54, 1.807) is 0 Å². The molecule has 0 bridgehead atoms. The van der Waals surface area contributed by atoms with Crippen LogP contribution >= 0.6 is 0 Å². The molecular weight excluding hydrogens is 196 g/mol. The summed E-state index contributed by atoms with van der Waals surface area (Å²) in [4.78, 5) is 2.69. The van der Waals surface area contributed by atoms with Gasteiger partial charge in [-0.15, -0.1) is 0 Å². The summed E-state index contributed by atoms with van der Waals surface area (Å²) in [5.41, 5.74) is 0.443. The summed E-state index contributed by atoms with van der Waals surface area (Å²) in [5, 5.41) is 3.72. The van der Waals surface area contributed by atoms with E-state index in [1.807, 2.05) is 0 Å². The van der Waals surface area contributed by atoms with Crippen LogP contribution in [0.4, 0.5) is 0 Å². The van der Waals surface area contributed by atoms with Crippen molar-refractivity contribution in [2.75, 3.05) is 19.6 Å². The van der Waals surface area contributed by atoms with Crippen molar-refractivity contribution in [3.05, 3.63) is 0 Å². The van der Waals surface area contributed by atoms with Gasteiger partial charge in [-0.3, -0.25) is 4.90 Å². The zero-order valence-corrected chi connectivity index (χ0v) is 11.7. The Hall–Kier alpha value is -0.0800. The van der Waals surface area contributed by atoms with Gasteiger partial charge in [-0.2, -0.15) is 0 Å². The minimum atomic E-state index is 0.443. The maximum atomic E-state index is 3.72. The summed E-state index contributed by atoms with van der Waals surface area (Å²) >= 11 is 0. The van der Waals surface area contributed by atoms with Crippen molar-refractivity contribution in [3.8, 4) is 0 Å². The summed E-state index contributed by atoms with van der Waals surface area (Å²) in [6, 6.07) is 0.634. The Labute approximate surface area is 102 Å². The summed E-state index contributed by atoms with van der Waals surface area (Å²) in [6.07, 6.45) is 6.82. The van der Waals surface area contributed by atoms with Crippen molar-refractivity contribution in [2.45, 2.75) is 71.4 Å². The van der Waals surface area contributed by atoms with Crippen LogP contribution in [0.15, 0.2) is 0 Å². The predicted molar refractivity (Wildman–Crippen MR) is 71.9 cm³/mol. The molecule has 1 unspecified atom stereocenters. The Morgan fingerprint density at radius 2 is 1.69 bits per heavy atom. The van der Waals surface area contributed by atoms with E-state index in [2.05, 4.69) is 37.9 Å². The van der Waals surface area contributed by atoms with Crippen LogP contribution in [0.2, 0.25) is 0 Å². The Morgan fingerprint density at radius 3 is 2.12 bits per heavy atom. The molecule has 0 spiro atoms. The third-order valence-electron chi connectivity index (χ3n) is 4.37. The second-order valence-corrected chi connectivity index (χ2v) is 5.16. The summed E-state index contributed by atoms with van der Waals surface area (Å²) in [5.74, 6) is 0. The molecule has 0 amide bonds. The van der Waals surface area contributed by atoms with Crippen molar-refractivity contribution >= 4 is 0 Å². The van der Waals surface area contributed by atoms with E-state index >= 15 is 0 Å². The monoisotopic (exact) mass is 226 g/mol. The highest BCUT2D eigenvalue weighted by atomic mass is 15.2. The number of rotatable bonds is 7. The van der Waals surface area contributed by atoms with Crippen LogP contribution in [0.5, 0.6) is 0 Å². The molecule has 0 aromatic heterocycles. The predicted octanol–water partition coefficient (Wildman–Crippen LogP) is 3.03. The highest BCUT2D eigenvalue weighted by Gasteiger charge is 2.42. The first-order valence-electron chi connectivity index (χ1n) is 7.19. The Morgan fingerprint density at radius 1 is 1.12 bits per heavy atom. The van der Waals surface area contributed by atoms with Crippen LogP contribution in [0.1, 0.15) is 59.8 Å². The highest BCUT2D eigenvalue weighted by Crippen LogP contribution is 2.37. The molecule has 0 radical (unpaired) electrons. The van der Waals surface area contributed by atoms with Crippen LogP contribution in [-0.4, -0.2) is 36.1 Å². The van der Waals surface area contributed by atoms with E-state index in [-0.39, 0.29) is 0 Å². The molecule has 1 fully saturated rings. The first kappa shape index (κ1) is 14.0. The molecule has 0 saturated heterocycles. The Balaban J connectivity index is 2.70. The third kappa shape index (κ3) is 2.78. The fourth-order valence-electron chi connectivity index (χ4n) is 3.41. The van der Waals surface area contributed by atoms with Crippen LogP contribution in [0.25, 0.3) is 0 Å². The van der Waals surface area contributed by atoms with Gasteiger partial charge in [-0.25, -0.2) is 0 Å². The smallest absolute Gasteiger partial charge is 0.0359 e. The first-order chi connectivity index (χ1) is 7.71. The molecule has 0 heterocycles. The lowest BCUT2D eigenvalue weighted by Gasteiger charge is -2.45. The van der Waals surface area contributed by atoms with Gasteiger partial charge in [0.1, 0.15) is 0 Å². The molecule has 1 aliphatic rings. The minimum Gasteiger partial charge on any atom is -0.312 e. The van der Waals surface area contributed by atoms with Crippen LogP contribution < -0.4 is 5.32 Å². The quantitative estimate of drug-likeness (QED) is 0.718. The van der Waals surface area contributed by atoms with E-state index in [0.29, 0.717) is 11.6 Å². The van der Waals surface area contributed by atoms with E-state index in [9.17, 15) is 0 Å². The van der Waals surface area contributed by atoms with Gasteiger partial charge in [-0.05, 0) is 45.8 Å². The Kier molecular flexibility index (Phi) is 5.77. The van der Waals surface area contributed by atoms with E-state index in [4.69, 9.17) is 0 Å². The van der Waals surface area contributed by atoms with E-state index in [0.717, 1.165) is 6.54 Å². The van der Waals surface area contributed by atoms with Gasteiger partial charge >= 0.3 is 0 Å². The van der Waals surface area contributed by atoms with Crippen LogP contribution in [0, 0.1) is 0 Å². The number of hydrogen-bond acceptors (Lipinski definition) is 2. The standard InChI is InChI=1S/C14H30N2/c1-5-12-15-13(4)14(10-8-9-11-14)16(6-2)7-3/h13,15H,5-12H2,1-4H3. The minimum absolute atomic E-state index is 0.443. The van der Waals surface area contributed by atoms with Crippen molar-refractivity contribution in [1.29, 1.82) is 0 Å². The van der Waals surface area contributed by atoms with Crippen molar-refractivity contribution in [1.82, 2.24) is 10.2 Å². The maximum absolute atomic E-state index is 3.72. The lowest BCUT2D eigenvalue weighted by atomic mass is 9.86. The molecule has 0 aliphatic heterocycles. The zero-order chi connectivity index (χ0) is 12.0. The molecule has 2 nitrogen and oxygen atoms in total. The van der Waals surface area contributed by atoms with Crippen molar-refractivity contribution in [3.63, 3.8) is 0 Å². The van der Waals surface area contributed by atoms with Crippen LogP contribution in [0.3, 0.4) is 0 Å². The molecule has 0 aromatic carbocycles. The lowest BCUT2D eigenvalue weighted by Crippen LogP contribution is -2.58. The average molecular weight is 226 g/mol. The zero-order valence-electron chi connectivity index (χ0n) is 11.7. The van der Waals surface area contributed by atoms with Gasteiger partial charge in [0.15, 0.2) is 0 Å². The molecule has 1 rings (SSSR count). The van der Waals surface area contributed by atoms with Gasteiger partial charge in [0.25, 0.3) is 0 Å². The number of nitrogens with one attached hydrogen (secondary N) is 1. The van der Waals surface area contributed by atoms with Crippen molar-refractivity contribution in [2.24, 2.45) is 0 Å². The van der Waals surface area contributed by atoms with Gasteiger partial charge in [0, 0.05) is 11.6 Å². The molecule has 1 saturated carbocycles. The van der Waals surface area contributed by atoms with E-state index in [1.165, 1.54) is 45.2 Å². The SMILES string of the molecule is CCCNC(C)C1(N(CC)CC)CCCC1. The normalized spacial score (nSPS) is 21.6. The Bertz CT molecular complexity index is 181. The summed E-state index contributed by atoms with van der Waals surface area (Å²) in [6.45, 7) is 12.8. The largest absolute Gasteiger partial charge is 0.312 e. The fourth-order valence-corrected chi connectivity index (χ4v) is 3.41. The van der Waals surface area contributed by atoms with E-state index < -0.39 is 0 Å². The molecular formula is C14H30N2. The first-order valence-corrected chi connectivity index (χ1v) is 7.19. The van der Waals surface area contributed by atoms with Gasteiger partial charge in [0.2, 0.25) is 0 Å². The van der Waals surface area contributed by atoms with Crippen molar-refractivity contribution < 1.29 is 0 Å². The van der Waals surface area contributed by atoms with Gasteiger partial charge < -0.3 is 5.32 Å². The number of likely N-dealkylation sites (N-methyl/N-ethyl adjacent to an activating group) is 1. The summed E-state index contributed by atoms with van der Waals surface area (Å²) < 4.78 is 0. The molecule has 1 N–H and O–H groups in total. The van der Waals surface area contributed by atoms with Crippen LogP contribution in [-0.2, 0) is 0 Å². The average Bonchev–Trinajstić information content (AvgIpc) is 2.78. The molecule has 0 aromatic rings. The molecule has 2 heteroatoms. The second kappa shape index (κ2) is 6.61. The topological polar surface area (TPSA) is 15.3 Å². The molecule has 96 valence electrons. The second-order valence-electron chi connectivity index (χ2n) is 5.16. The number of nitrogens with zero attached hydrogens (tertiary/aromatic N) is 1. The molecule has 1 aliphatic carbocycles. The molecule has 16 heavy (non-hydrogen) atoms. The van der Waals surface area contributed by atoms with Gasteiger partial charge in [-0.1, -0.05) is 33.6 Å². The third-order valence-corrected chi connectivity index (χ3v) is 4.37.